The molecule has 1 atom stereocenters. The smallest absolute Gasteiger partial charge is 0.255 e. The maximum atomic E-state index is 13.4. The summed E-state index contributed by atoms with van der Waals surface area (Å²) in [5, 5.41) is 7.84. The Bertz CT molecular complexity index is 1270. The van der Waals surface area contributed by atoms with Crippen molar-refractivity contribution in [2.75, 3.05) is 14.2 Å². The number of ether oxygens (including phenoxy) is 2. The van der Waals surface area contributed by atoms with Crippen molar-refractivity contribution in [2.45, 2.75) is 26.8 Å². The molecule has 33 heavy (non-hydrogen) atoms. The molecule has 0 radical (unpaired) electrons. The van der Waals surface area contributed by atoms with E-state index in [-0.39, 0.29) is 11.9 Å². The second-order valence-electron chi connectivity index (χ2n) is 7.80. The van der Waals surface area contributed by atoms with Gasteiger partial charge in [-0.25, -0.2) is 4.68 Å². The molecule has 0 fully saturated rings. The quantitative estimate of drug-likeness (QED) is 0.420. The lowest BCUT2D eigenvalue weighted by molar-refractivity contribution is 0.0940. The van der Waals surface area contributed by atoms with Crippen molar-refractivity contribution in [3.05, 3.63) is 83.4 Å². The monoisotopic (exact) mass is 445 g/mol. The van der Waals surface area contributed by atoms with Crippen LogP contribution in [0.15, 0.2) is 65.2 Å². The van der Waals surface area contributed by atoms with Gasteiger partial charge in [0.15, 0.2) is 0 Å². The lowest BCUT2D eigenvalue weighted by Gasteiger charge is -2.14. The highest BCUT2D eigenvalue weighted by atomic mass is 16.5. The van der Waals surface area contributed by atoms with E-state index in [1.54, 1.807) is 31.2 Å². The van der Waals surface area contributed by atoms with Crippen LogP contribution in [0.1, 0.15) is 40.4 Å². The van der Waals surface area contributed by atoms with E-state index < -0.39 is 0 Å². The zero-order chi connectivity index (χ0) is 23.5. The normalized spacial score (nSPS) is 11.8. The summed E-state index contributed by atoms with van der Waals surface area (Å²) in [5.41, 5.74) is 3.44. The van der Waals surface area contributed by atoms with Crippen LogP contribution in [0, 0.1) is 13.8 Å². The van der Waals surface area contributed by atoms with Gasteiger partial charge in [-0.2, -0.15) is 5.10 Å². The Morgan fingerprint density at radius 1 is 1.06 bits per heavy atom. The summed E-state index contributed by atoms with van der Waals surface area (Å²) in [6.07, 6.45) is 1.74. The molecule has 0 aliphatic rings. The fraction of sp³-hybridized carbons (Fsp3) is 0.231. The summed E-state index contributed by atoms with van der Waals surface area (Å²) in [7, 11) is 3.18. The number of aryl methyl sites for hydroxylation is 2. The Hall–Kier alpha value is -4.00. The van der Waals surface area contributed by atoms with Crippen molar-refractivity contribution in [3.63, 3.8) is 0 Å². The summed E-state index contributed by atoms with van der Waals surface area (Å²) >= 11 is 0. The van der Waals surface area contributed by atoms with Crippen LogP contribution in [-0.4, -0.2) is 29.9 Å². The van der Waals surface area contributed by atoms with Crippen LogP contribution in [0.25, 0.3) is 16.9 Å². The van der Waals surface area contributed by atoms with E-state index in [4.69, 9.17) is 19.0 Å². The van der Waals surface area contributed by atoms with Gasteiger partial charge >= 0.3 is 0 Å². The largest absolute Gasteiger partial charge is 0.497 e. The minimum atomic E-state index is -0.240. The van der Waals surface area contributed by atoms with Crippen LogP contribution in [0.5, 0.6) is 11.5 Å². The van der Waals surface area contributed by atoms with Crippen LogP contribution in [0.2, 0.25) is 0 Å². The SMILES string of the molecule is COc1ccc(-c2nn(-c3ccccc3)cc2C(=O)NC(C)c2cc(C)oc2C)c(OC)c1. The highest BCUT2D eigenvalue weighted by Gasteiger charge is 2.24. The van der Waals surface area contributed by atoms with Crippen LogP contribution in [0.3, 0.4) is 0 Å². The molecule has 1 N–H and O–H groups in total. The van der Waals surface area contributed by atoms with Gasteiger partial charge in [0.1, 0.15) is 28.7 Å². The molecule has 4 rings (SSSR count). The van der Waals surface area contributed by atoms with Gasteiger partial charge in [0.25, 0.3) is 5.91 Å². The molecule has 4 aromatic rings. The second kappa shape index (κ2) is 9.24. The lowest BCUT2D eigenvalue weighted by Crippen LogP contribution is -2.27. The first-order valence-electron chi connectivity index (χ1n) is 10.7. The van der Waals surface area contributed by atoms with Gasteiger partial charge in [-0.3, -0.25) is 4.79 Å². The molecule has 0 saturated heterocycles. The van der Waals surface area contributed by atoms with E-state index in [1.165, 1.54) is 0 Å². The molecular formula is C26H27N3O4. The van der Waals surface area contributed by atoms with Crippen molar-refractivity contribution in [3.8, 4) is 28.4 Å². The standard InChI is InChI=1S/C26H27N3O4/c1-16-13-22(18(3)33-16)17(2)27-26(30)23-15-29(19-9-7-6-8-10-19)28-25(23)21-12-11-20(31-4)14-24(21)32-5/h6-15,17H,1-5H3,(H,27,30). The number of nitrogens with one attached hydrogen (secondary N) is 1. The lowest BCUT2D eigenvalue weighted by atomic mass is 10.0. The van der Waals surface area contributed by atoms with Crippen LogP contribution in [0.4, 0.5) is 0 Å². The Morgan fingerprint density at radius 3 is 2.45 bits per heavy atom. The minimum absolute atomic E-state index is 0.236. The van der Waals surface area contributed by atoms with E-state index in [0.717, 1.165) is 22.8 Å². The number of nitrogens with zero attached hydrogens (tertiary/aromatic N) is 2. The van der Waals surface area contributed by atoms with Gasteiger partial charge in [0.2, 0.25) is 0 Å². The molecule has 2 heterocycles. The zero-order valence-electron chi connectivity index (χ0n) is 19.4. The van der Waals surface area contributed by atoms with Crippen LogP contribution < -0.4 is 14.8 Å². The van der Waals surface area contributed by atoms with Crippen molar-refractivity contribution in [1.29, 1.82) is 0 Å². The number of aromatic nitrogens is 2. The maximum absolute atomic E-state index is 13.4. The molecule has 0 aliphatic carbocycles. The number of para-hydroxylation sites is 1. The van der Waals surface area contributed by atoms with E-state index in [1.807, 2.05) is 69.3 Å². The van der Waals surface area contributed by atoms with E-state index in [2.05, 4.69) is 5.32 Å². The van der Waals surface area contributed by atoms with Gasteiger partial charge in [0, 0.05) is 23.4 Å². The summed E-state index contributed by atoms with van der Waals surface area (Å²) in [6.45, 7) is 5.72. The third-order valence-electron chi connectivity index (χ3n) is 5.54. The number of rotatable bonds is 7. The topological polar surface area (TPSA) is 78.5 Å². The molecule has 1 unspecified atom stereocenters. The van der Waals surface area contributed by atoms with E-state index in [0.29, 0.717) is 28.3 Å². The molecule has 0 bridgehead atoms. The summed E-state index contributed by atoms with van der Waals surface area (Å²) in [4.78, 5) is 13.4. The third kappa shape index (κ3) is 4.48. The number of methoxy groups -OCH3 is 2. The Kier molecular flexibility index (Phi) is 6.22. The van der Waals surface area contributed by atoms with Gasteiger partial charge in [0.05, 0.1) is 31.5 Å². The summed E-state index contributed by atoms with van der Waals surface area (Å²) in [5.74, 6) is 2.58. The number of hydrogen-bond donors (Lipinski definition) is 1. The number of furan rings is 1. The Morgan fingerprint density at radius 2 is 1.82 bits per heavy atom. The maximum Gasteiger partial charge on any atom is 0.255 e. The fourth-order valence-electron chi connectivity index (χ4n) is 3.88. The molecular weight excluding hydrogens is 418 g/mol. The molecule has 1 amide bonds. The number of carbonyl (C=O) groups is 1. The molecule has 170 valence electrons. The first-order chi connectivity index (χ1) is 15.9. The minimum Gasteiger partial charge on any atom is -0.497 e. The van der Waals surface area contributed by atoms with Crippen molar-refractivity contribution in [1.82, 2.24) is 15.1 Å². The average molecular weight is 446 g/mol. The third-order valence-corrected chi connectivity index (χ3v) is 5.54. The van der Waals surface area contributed by atoms with Crippen LogP contribution >= 0.6 is 0 Å². The van der Waals surface area contributed by atoms with Gasteiger partial charge in [-0.15, -0.1) is 0 Å². The number of carbonyl (C=O) groups excluding carboxylic acids is 1. The fourth-order valence-corrected chi connectivity index (χ4v) is 3.88. The van der Waals surface area contributed by atoms with E-state index >= 15 is 0 Å². The predicted molar refractivity (Wildman–Crippen MR) is 126 cm³/mol. The van der Waals surface area contributed by atoms with E-state index in [9.17, 15) is 4.79 Å². The van der Waals surface area contributed by atoms with Gasteiger partial charge in [-0.05, 0) is 51.1 Å². The van der Waals surface area contributed by atoms with Gasteiger partial charge < -0.3 is 19.2 Å². The van der Waals surface area contributed by atoms with Crippen molar-refractivity contribution in [2.24, 2.45) is 0 Å². The Labute approximate surface area is 192 Å². The molecule has 2 aromatic carbocycles. The molecule has 7 heteroatoms. The average Bonchev–Trinajstić information content (AvgIpc) is 3.42. The summed E-state index contributed by atoms with van der Waals surface area (Å²) in [6, 6.07) is 16.8. The Balaban J connectivity index is 1.77. The molecule has 2 aromatic heterocycles. The molecule has 7 nitrogen and oxygen atoms in total. The van der Waals surface area contributed by atoms with Crippen LogP contribution in [-0.2, 0) is 0 Å². The summed E-state index contributed by atoms with van der Waals surface area (Å²) < 4.78 is 18.2. The van der Waals surface area contributed by atoms with Crippen molar-refractivity contribution < 1.29 is 18.7 Å². The molecule has 0 spiro atoms. The van der Waals surface area contributed by atoms with Crippen molar-refractivity contribution >= 4 is 5.91 Å². The first-order valence-corrected chi connectivity index (χ1v) is 10.7. The van der Waals surface area contributed by atoms with Gasteiger partial charge in [-0.1, -0.05) is 18.2 Å². The highest BCUT2D eigenvalue weighted by molar-refractivity contribution is 6.00. The zero-order valence-corrected chi connectivity index (χ0v) is 19.4. The number of amides is 1. The first kappa shape index (κ1) is 22.2. The molecule has 0 aliphatic heterocycles. The number of benzene rings is 2. The highest BCUT2D eigenvalue weighted by Crippen LogP contribution is 2.35. The second-order valence-corrected chi connectivity index (χ2v) is 7.80. The molecule has 0 saturated carbocycles. The number of hydrogen-bond acceptors (Lipinski definition) is 5. The predicted octanol–water partition coefficient (Wildman–Crippen LogP) is 5.26.